The quantitative estimate of drug-likeness (QED) is 0.909. The third kappa shape index (κ3) is 5.98. The largest absolute Gasteiger partial charge is 0.495 e. The van der Waals surface area contributed by atoms with Gasteiger partial charge in [0.2, 0.25) is 5.91 Å². The summed E-state index contributed by atoms with van der Waals surface area (Å²) in [7, 11) is 2.99. The van der Waals surface area contributed by atoms with Crippen LogP contribution in [0, 0.1) is 6.92 Å². The second kappa shape index (κ2) is 7.55. The number of methoxy groups -OCH3 is 1. The van der Waals surface area contributed by atoms with E-state index in [1.54, 1.807) is 32.9 Å². The first-order chi connectivity index (χ1) is 10.5. The molecule has 7 heteroatoms. The lowest BCUT2D eigenvalue weighted by atomic mass is 10.2. The van der Waals surface area contributed by atoms with Crippen LogP contribution in [0.15, 0.2) is 12.1 Å². The summed E-state index contributed by atoms with van der Waals surface area (Å²) in [5, 5.41) is 3.25. The van der Waals surface area contributed by atoms with E-state index in [4.69, 9.17) is 21.1 Å². The smallest absolute Gasteiger partial charge is 0.410 e. The first-order valence-electron chi connectivity index (χ1n) is 7.11. The first-order valence-corrected chi connectivity index (χ1v) is 7.49. The number of aryl methyl sites for hydroxylation is 1. The van der Waals surface area contributed by atoms with E-state index in [9.17, 15) is 9.59 Å². The zero-order valence-corrected chi connectivity index (χ0v) is 15.1. The molecule has 0 saturated carbocycles. The van der Waals surface area contributed by atoms with E-state index in [0.29, 0.717) is 16.5 Å². The van der Waals surface area contributed by atoms with Crippen molar-refractivity contribution in [1.29, 1.82) is 0 Å². The molecule has 0 unspecified atom stereocenters. The van der Waals surface area contributed by atoms with E-state index in [-0.39, 0.29) is 12.5 Å². The maximum atomic E-state index is 12.1. The lowest BCUT2D eigenvalue weighted by Gasteiger charge is -2.24. The van der Waals surface area contributed by atoms with Gasteiger partial charge in [-0.1, -0.05) is 11.6 Å². The molecule has 0 heterocycles. The van der Waals surface area contributed by atoms with E-state index < -0.39 is 11.7 Å². The van der Waals surface area contributed by atoms with Crippen molar-refractivity contribution in [2.75, 3.05) is 26.0 Å². The molecule has 0 fully saturated rings. The second-order valence-electron chi connectivity index (χ2n) is 6.19. The minimum absolute atomic E-state index is 0.139. The van der Waals surface area contributed by atoms with Crippen LogP contribution in [0.25, 0.3) is 0 Å². The topological polar surface area (TPSA) is 67.9 Å². The van der Waals surface area contributed by atoms with Crippen LogP contribution in [0.3, 0.4) is 0 Å². The van der Waals surface area contributed by atoms with Gasteiger partial charge in [-0.25, -0.2) is 4.79 Å². The van der Waals surface area contributed by atoms with Gasteiger partial charge in [-0.2, -0.15) is 0 Å². The highest BCUT2D eigenvalue weighted by Crippen LogP contribution is 2.30. The van der Waals surface area contributed by atoms with Crippen LogP contribution in [-0.4, -0.2) is 43.2 Å². The average Bonchev–Trinajstić information content (AvgIpc) is 2.40. The predicted octanol–water partition coefficient (Wildman–Crippen LogP) is 3.46. The Morgan fingerprint density at radius 3 is 2.43 bits per heavy atom. The number of hydrogen-bond acceptors (Lipinski definition) is 4. The SMILES string of the molecule is COc1cc(Cl)c(C)cc1NC(=O)CN(C)C(=O)OC(C)(C)C. The van der Waals surface area contributed by atoms with Crippen LogP contribution in [-0.2, 0) is 9.53 Å². The van der Waals surface area contributed by atoms with Crippen molar-refractivity contribution in [3.8, 4) is 5.75 Å². The number of nitrogens with zero attached hydrogens (tertiary/aromatic N) is 1. The van der Waals surface area contributed by atoms with E-state index in [1.165, 1.54) is 19.1 Å². The van der Waals surface area contributed by atoms with Crippen molar-refractivity contribution in [3.63, 3.8) is 0 Å². The van der Waals surface area contributed by atoms with Gasteiger partial charge in [0.25, 0.3) is 0 Å². The van der Waals surface area contributed by atoms with Gasteiger partial charge in [0.1, 0.15) is 17.9 Å². The van der Waals surface area contributed by atoms with E-state index in [1.807, 2.05) is 6.92 Å². The third-order valence-corrected chi connectivity index (χ3v) is 3.25. The Morgan fingerprint density at radius 1 is 1.30 bits per heavy atom. The normalized spacial score (nSPS) is 10.9. The number of carbonyl (C=O) groups excluding carboxylic acids is 2. The fraction of sp³-hybridized carbons (Fsp3) is 0.500. The molecule has 128 valence electrons. The van der Waals surface area contributed by atoms with Crippen molar-refractivity contribution in [2.45, 2.75) is 33.3 Å². The summed E-state index contributed by atoms with van der Waals surface area (Å²) < 4.78 is 10.4. The second-order valence-corrected chi connectivity index (χ2v) is 6.59. The minimum atomic E-state index is -0.613. The van der Waals surface area contributed by atoms with Gasteiger partial charge in [-0.15, -0.1) is 0 Å². The molecule has 0 bridgehead atoms. The number of halogens is 1. The molecule has 23 heavy (non-hydrogen) atoms. The number of rotatable bonds is 4. The number of anilines is 1. The molecule has 0 spiro atoms. The summed E-state index contributed by atoms with van der Waals surface area (Å²) in [5.41, 5.74) is 0.693. The van der Waals surface area contributed by atoms with Gasteiger partial charge >= 0.3 is 6.09 Å². The van der Waals surface area contributed by atoms with Gasteiger partial charge < -0.3 is 19.7 Å². The van der Waals surface area contributed by atoms with E-state index >= 15 is 0 Å². The maximum absolute atomic E-state index is 12.1. The fourth-order valence-electron chi connectivity index (χ4n) is 1.74. The minimum Gasteiger partial charge on any atom is -0.495 e. The highest BCUT2D eigenvalue weighted by Gasteiger charge is 2.21. The number of carbonyl (C=O) groups is 2. The summed E-state index contributed by atoms with van der Waals surface area (Å²) in [5.74, 6) is 0.0900. The van der Waals surface area contributed by atoms with Crippen LogP contribution in [0.2, 0.25) is 5.02 Å². The summed E-state index contributed by atoms with van der Waals surface area (Å²) in [6.07, 6.45) is -0.563. The molecule has 0 aliphatic carbocycles. The van der Waals surface area contributed by atoms with Crippen molar-refractivity contribution in [1.82, 2.24) is 4.90 Å². The molecule has 1 N–H and O–H groups in total. The molecule has 2 amide bonds. The Hall–Kier alpha value is -1.95. The number of benzene rings is 1. The van der Waals surface area contributed by atoms with Gasteiger partial charge in [-0.3, -0.25) is 4.79 Å². The van der Waals surface area contributed by atoms with Crippen molar-refractivity contribution in [3.05, 3.63) is 22.7 Å². The van der Waals surface area contributed by atoms with Crippen molar-refractivity contribution < 1.29 is 19.1 Å². The van der Waals surface area contributed by atoms with Crippen LogP contribution in [0.1, 0.15) is 26.3 Å². The van der Waals surface area contributed by atoms with Crippen molar-refractivity contribution >= 4 is 29.3 Å². The Kier molecular flexibility index (Phi) is 6.27. The van der Waals surface area contributed by atoms with Crippen molar-refractivity contribution in [2.24, 2.45) is 0 Å². The summed E-state index contributed by atoms with van der Waals surface area (Å²) >= 11 is 6.03. The molecule has 0 atom stereocenters. The fourth-order valence-corrected chi connectivity index (χ4v) is 1.89. The molecule has 0 aromatic heterocycles. The number of ether oxygens (including phenoxy) is 2. The Morgan fingerprint density at radius 2 is 1.91 bits per heavy atom. The standard InChI is InChI=1S/C16H23ClN2O4/c1-10-7-12(13(22-6)8-11(10)17)18-14(20)9-19(5)15(21)23-16(2,3)4/h7-8H,9H2,1-6H3,(H,18,20). The molecule has 0 aliphatic heterocycles. The van der Waals surface area contributed by atoms with Gasteiger partial charge in [-0.05, 0) is 39.3 Å². The van der Waals surface area contributed by atoms with Gasteiger partial charge in [0, 0.05) is 18.1 Å². The molecule has 0 aliphatic rings. The molecule has 1 aromatic carbocycles. The van der Waals surface area contributed by atoms with Crippen LogP contribution in [0.4, 0.5) is 10.5 Å². The Balaban J connectivity index is 2.74. The molecule has 1 rings (SSSR count). The maximum Gasteiger partial charge on any atom is 0.410 e. The Labute approximate surface area is 141 Å². The monoisotopic (exact) mass is 342 g/mol. The highest BCUT2D eigenvalue weighted by molar-refractivity contribution is 6.31. The lowest BCUT2D eigenvalue weighted by Crippen LogP contribution is -2.38. The zero-order chi connectivity index (χ0) is 17.8. The average molecular weight is 343 g/mol. The van der Waals surface area contributed by atoms with E-state index in [2.05, 4.69) is 5.32 Å². The predicted molar refractivity (Wildman–Crippen MR) is 90.2 cm³/mol. The number of nitrogens with one attached hydrogen (secondary N) is 1. The number of hydrogen-bond donors (Lipinski definition) is 1. The highest BCUT2D eigenvalue weighted by atomic mass is 35.5. The van der Waals surface area contributed by atoms with Gasteiger partial charge in [0.05, 0.1) is 12.8 Å². The summed E-state index contributed by atoms with van der Waals surface area (Å²) in [6.45, 7) is 6.98. The third-order valence-electron chi connectivity index (χ3n) is 2.84. The van der Waals surface area contributed by atoms with Gasteiger partial charge in [0.15, 0.2) is 0 Å². The molecule has 1 aromatic rings. The lowest BCUT2D eigenvalue weighted by molar-refractivity contribution is -0.117. The van der Waals surface area contributed by atoms with Crippen LogP contribution >= 0.6 is 11.6 Å². The molecule has 6 nitrogen and oxygen atoms in total. The molecule has 0 radical (unpaired) electrons. The zero-order valence-electron chi connectivity index (χ0n) is 14.3. The molecular weight excluding hydrogens is 320 g/mol. The summed E-state index contributed by atoms with van der Waals surface area (Å²) in [4.78, 5) is 25.2. The van der Waals surface area contributed by atoms with Crippen LogP contribution in [0.5, 0.6) is 5.75 Å². The summed E-state index contributed by atoms with van der Waals surface area (Å²) in [6, 6.07) is 3.34. The number of amides is 2. The molecular formula is C16H23ClN2O4. The van der Waals surface area contributed by atoms with Crippen LogP contribution < -0.4 is 10.1 Å². The number of likely N-dealkylation sites (N-methyl/N-ethyl adjacent to an activating group) is 1. The molecule has 0 saturated heterocycles. The Bertz CT molecular complexity index is 596. The van der Waals surface area contributed by atoms with E-state index in [0.717, 1.165) is 5.56 Å². The first kappa shape index (κ1) is 19.1.